The van der Waals surface area contributed by atoms with Crippen molar-refractivity contribution in [3.05, 3.63) is 36.1 Å². The Hall–Kier alpha value is -3.03. The first kappa shape index (κ1) is 17.3. The van der Waals surface area contributed by atoms with Crippen molar-refractivity contribution in [3.8, 4) is 0 Å². The van der Waals surface area contributed by atoms with E-state index in [2.05, 4.69) is 21.1 Å². The third-order valence-corrected chi connectivity index (χ3v) is 3.06. The lowest BCUT2D eigenvalue weighted by Gasteiger charge is -2.14. The maximum atomic E-state index is 12.1. The number of anilines is 3. The average molecular weight is 332 g/mol. The average Bonchev–Trinajstić information content (AvgIpc) is 2.94. The van der Waals surface area contributed by atoms with Crippen molar-refractivity contribution < 1.29 is 18.8 Å². The van der Waals surface area contributed by atoms with E-state index in [1.807, 2.05) is 0 Å². The highest BCUT2D eigenvalue weighted by Gasteiger charge is 2.14. The highest BCUT2D eigenvalue weighted by Crippen LogP contribution is 2.15. The van der Waals surface area contributed by atoms with Gasteiger partial charge in [-0.25, -0.2) is 4.79 Å². The smallest absolute Gasteiger partial charge is 0.411 e. The number of nitrogens with one attached hydrogen (secondary N) is 3. The van der Waals surface area contributed by atoms with Crippen LogP contribution in [0.4, 0.5) is 22.0 Å². The Kier molecular flexibility index (Phi) is 5.78. The van der Waals surface area contributed by atoms with Gasteiger partial charge in [0, 0.05) is 17.4 Å². The van der Waals surface area contributed by atoms with Crippen molar-refractivity contribution in [2.75, 3.05) is 22.6 Å². The minimum atomic E-state index is -0.506. The number of hydrogen-bond acceptors (Lipinski definition) is 6. The minimum Gasteiger partial charge on any atom is -0.450 e. The van der Waals surface area contributed by atoms with Gasteiger partial charge in [-0.2, -0.15) is 0 Å². The van der Waals surface area contributed by atoms with Crippen molar-refractivity contribution in [3.63, 3.8) is 0 Å². The Bertz CT molecular complexity index is 696. The molecular weight excluding hydrogens is 312 g/mol. The molecule has 0 radical (unpaired) electrons. The molecule has 0 unspecified atom stereocenters. The molecule has 24 heavy (non-hydrogen) atoms. The molecule has 0 aliphatic carbocycles. The van der Waals surface area contributed by atoms with E-state index in [9.17, 15) is 9.59 Å². The molecule has 2 amide bonds. The molecule has 8 nitrogen and oxygen atoms in total. The minimum absolute atomic E-state index is 0.239. The Morgan fingerprint density at radius 2 is 1.88 bits per heavy atom. The van der Waals surface area contributed by atoms with E-state index in [4.69, 9.17) is 9.26 Å². The predicted octanol–water partition coefficient (Wildman–Crippen LogP) is 2.99. The van der Waals surface area contributed by atoms with Crippen molar-refractivity contribution in [2.24, 2.45) is 0 Å². The zero-order chi connectivity index (χ0) is 17.5. The second kappa shape index (κ2) is 8.00. The second-order valence-electron chi connectivity index (χ2n) is 5.10. The van der Waals surface area contributed by atoms with Gasteiger partial charge in [0.25, 0.3) is 0 Å². The van der Waals surface area contributed by atoms with Crippen LogP contribution in [0, 0.1) is 6.92 Å². The molecule has 2 rings (SSSR count). The Balaban J connectivity index is 1.88. The third kappa shape index (κ3) is 5.01. The zero-order valence-corrected chi connectivity index (χ0v) is 13.8. The summed E-state index contributed by atoms with van der Waals surface area (Å²) in [5.74, 6) is 0.757. The molecular formula is C16H20N4O4. The first-order valence-electron chi connectivity index (χ1n) is 7.52. The molecule has 0 saturated carbocycles. The number of carbonyl (C=O) groups is 2. The lowest BCUT2D eigenvalue weighted by atomic mass is 10.2. The molecule has 2 aromatic rings. The maximum absolute atomic E-state index is 12.1. The van der Waals surface area contributed by atoms with Crippen LogP contribution in [0.25, 0.3) is 0 Å². The summed E-state index contributed by atoms with van der Waals surface area (Å²) in [6, 6.07) is 8.10. The number of aromatic nitrogens is 1. The van der Waals surface area contributed by atoms with E-state index in [1.54, 1.807) is 51.1 Å². The van der Waals surface area contributed by atoms with Gasteiger partial charge in [0.1, 0.15) is 11.8 Å². The Morgan fingerprint density at radius 3 is 2.46 bits per heavy atom. The van der Waals surface area contributed by atoms with Gasteiger partial charge in [-0.1, -0.05) is 5.16 Å². The molecule has 1 heterocycles. The van der Waals surface area contributed by atoms with Gasteiger partial charge in [0.05, 0.1) is 6.61 Å². The molecule has 3 N–H and O–H groups in total. The summed E-state index contributed by atoms with van der Waals surface area (Å²) in [6.07, 6.45) is -0.506. The van der Waals surface area contributed by atoms with Crippen LogP contribution in [-0.2, 0) is 9.53 Å². The standard InChI is InChI=1S/C16H20N4O4/c1-4-23-16(22)18-13-7-5-12(6-8-13)17-11(3)15(21)19-14-9-10(2)24-20-14/h5-9,11,17H,4H2,1-3H3,(H,18,22)(H,19,20,21)/t11-/m1/s1. The van der Waals surface area contributed by atoms with Crippen LogP contribution >= 0.6 is 0 Å². The fraction of sp³-hybridized carbons (Fsp3) is 0.312. The number of carbonyl (C=O) groups excluding carboxylic acids is 2. The number of hydrogen-bond donors (Lipinski definition) is 3. The molecule has 0 spiro atoms. The van der Waals surface area contributed by atoms with Gasteiger partial charge in [-0.15, -0.1) is 0 Å². The lowest BCUT2D eigenvalue weighted by Crippen LogP contribution is -2.31. The Morgan fingerprint density at radius 1 is 1.21 bits per heavy atom. The van der Waals surface area contributed by atoms with E-state index in [-0.39, 0.29) is 5.91 Å². The number of benzene rings is 1. The van der Waals surface area contributed by atoms with E-state index < -0.39 is 12.1 Å². The molecule has 0 saturated heterocycles. The molecule has 128 valence electrons. The molecule has 0 bridgehead atoms. The quantitative estimate of drug-likeness (QED) is 0.751. The lowest BCUT2D eigenvalue weighted by molar-refractivity contribution is -0.116. The normalized spacial score (nSPS) is 11.5. The predicted molar refractivity (Wildman–Crippen MR) is 90.0 cm³/mol. The Labute approximate surface area is 139 Å². The summed E-state index contributed by atoms with van der Waals surface area (Å²) in [5, 5.41) is 12.0. The van der Waals surface area contributed by atoms with Gasteiger partial charge in [-0.05, 0) is 45.0 Å². The summed E-state index contributed by atoms with van der Waals surface area (Å²) in [7, 11) is 0. The summed E-state index contributed by atoms with van der Waals surface area (Å²) < 4.78 is 9.69. The number of amides is 2. The van der Waals surface area contributed by atoms with E-state index >= 15 is 0 Å². The van der Waals surface area contributed by atoms with Crippen LogP contribution < -0.4 is 16.0 Å². The van der Waals surface area contributed by atoms with E-state index in [0.717, 1.165) is 5.69 Å². The van der Waals surface area contributed by atoms with Crippen molar-refractivity contribution in [1.29, 1.82) is 0 Å². The molecule has 1 aromatic carbocycles. The fourth-order valence-corrected chi connectivity index (χ4v) is 1.91. The molecule has 8 heteroatoms. The van der Waals surface area contributed by atoms with Crippen LogP contribution in [0.15, 0.2) is 34.9 Å². The van der Waals surface area contributed by atoms with Crippen LogP contribution in [0.1, 0.15) is 19.6 Å². The van der Waals surface area contributed by atoms with Gasteiger partial charge in [-0.3, -0.25) is 10.1 Å². The largest absolute Gasteiger partial charge is 0.450 e. The van der Waals surface area contributed by atoms with Gasteiger partial charge < -0.3 is 19.9 Å². The number of aryl methyl sites for hydroxylation is 1. The van der Waals surface area contributed by atoms with Gasteiger partial charge in [0.15, 0.2) is 5.82 Å². The molecule has 1 atom stereocenters. The zero-order valence-electron chi connectivity index (χ0n) is 13.8. The summed E-state index contributed by atoms with van der Waals surface area (Å²) in [6.45, 7) is 5.52. The van der Waals surface area contributed by atoms with Crippen molar-refractivity contribution in [1.82, 2.24) is 5.16 Å². The van der Waals surface area contributed by atoms with Crippen LogP contribution in [0.2, 0.25) is 0 Å². The van der Waals surface area contributed by atoms with Crippen molar-refractivity contribution >= 4 is 29.2 Å². The van der Waals surface area contributed by atoms with Crippen molar-refractivity contribution in [2.45, 2.75) is 26.8 Å². The number of nitrogens with zero attached hydrogens (tertiary/aromatic N) is 1. The molecule has 0 aliphatic heterocycles. The topological polar surface area (TPSA) is 105 Å². The van der Waals surface area contributed by atoms with Gasteiger partial charge in [0.2, 0.25) is 5.91 Å². The highest BCUT2D eigenvalue weighted by atomic mass is 16.5. The van der Waals surface area contributed by atoms with Crippen LogP contribution in [-0.4, -0.2) is 29.8 Å². The monoisotopic (exact) mass is 332 g/mol. The highest BCUT2D eigenvalue weighted by molar-refractivity contribution is 5.95. The van der Waals surface area contributed by atoms with Crippen LogP contribution in [0.3, 0.4) is 0 Å². The summed E-state index contributed by atoms with van der Waals surface area (Å²) in [4.78, 5) is 23.4. The first-order valence-corrected chi connectivity index (χ1v) is 7.52. The van der Waals surface area contributed by atoms with Gasteiger partial charge >= 0.3 is 6.09 Å². The fourth-order valence-electron chi connectivity index (χ4n) is 1.91. The number of ether oxygens (including phenoxy) is 1. The molecule has 1 aromatic heterocycles. The summed E-state index contributed by atoms with van der Waals surface area (Å²) in [5.41, 5.74) is 1.34. The maximum Gasteiger partial charge on any atom is 0.411 e. The van der Waals surface area contributed by atoms with E-state index in [0.29, 0.717) is 23.9 Å². The third-order valence-electron chi connectivity index (χ3n) is 3.06. The second-order valence-corrected chi connectivity index (χ2v) is 5.10. The first-order chi connectivity index (χ1) is 11.5. The SMILES string of the molecule is CCOC(=O)Nc1ccc(N[C@H](C)C(=O)Nc2cc(C)on2)cc1. The molecule has 0 aliphatic rings. The molecule has 0 fully saturated rings. The summed E-state index contributed by atoms with van der Waals surface area (Å²) >= 11 is 0. The number of rotatable bonds is 6. The van der Waals surface area contributed by atoms with E-state index in [1.165, 1.54) is 0 Å². The van der Waals surface area contributed by atoms with Crippen LogP contribution in [0.5, 0.6) is 0 Å².